The van der Waals surface area contributed by atoms with Gasteiger partial charge in [-0.2, -0.15) is 4.31 Å². The monoisotopic (exact) mass is 450 g/mol. The SMILES string of the molecule is COC(=O)c1c(N(C(=O)OC)S(=O)(=O)c2ccc(F)cc2N)ccc2c1OCC1CC21. The van der Waals surface area contributed by atoms with E-state index in [2.05, 4.69) is 4.74 Å². The van der Waals surface area contributed by atoms with Gasteiger partial charge in [0.1, 0.15) is 22.0 Å². The quantitative estimate of drug-likeness (QED) is 0.557. The first-order chi connectivity index (χ1) is 14.7. The first-order valence-electron chi connectivity index (χ1n) is 9.27. The molecule has 1 fully saturated rings. The number of carbonyl (C=O) groups excluding carboxylic acids is 2. The molecule has 1 aliphatic heterocycles. The lowest BCUT2D eigenvalue weighted by Crippen LogP contribution is -2.38. The average molecular weight is 450 g/mol. The van der Waals surface area contributed by atoms with Crippen LogP contribution in [-0.2, 0) is 19.5 Å². The zero-order valence-corrected chi connectivity index (χ0v) is 17.4. The lowest BCUT2D eigenvalue weighted by Gasteiger charge is -2.27. The molecule has 2 aliphatic rings. The van der Waals surface area contributed by atoms with Crippen LogP contribution in [0.4, 0.5) is 20.6 Å². The Balaban J connectivity index is 1.95. The van der Waals surface area contributed by atoms with Crippen molar-refractivity contribution in [1.82, 2.24) is 0 Å². The average Bonchev–Trinajstić information content (AvgIpc) is 3.52. The number of sulfonamides is 1. The van der Waals surface area contributed by atoms with Crippen LogP contribution in [0, 0.1) is 11.7 Å². The fraction of sp³-hybridized carbons (Fsp3) is 0.300. The largest absolute Gasteiger partial charge is 0.492 e. The highest BCUT2D eigenvalue weighted by Crippen LogP contribution is 2.55. The Morgan fingerprint density at radius 1 is 1.19 bits per heavy atom. The van der Waals surface area contributed by atoms with E-state index in [0.29, 0.717) is 16.8 Å². The van der Waals surface area contributed by atoms with E-state index >= 15 is 0 Å². The van der Waals surface area contributed by atoms with Crippen molar-refractivity contribution in [2.45, 2.75) is 17.2 Å². The van der Waals surface area contributed by atoms with E-state index in [1.807, 2.05) is 0 Å². The van der Waals surface area contributed by atoms with Crippen molar-refractivity contribution in [1.29, 1.82) is 0 Å². The molecule has 9 nitrogen and oxygen atoms in total. The molecule has 0 bridgehead atoms. The molecular weight excluding hydrogens is 431 g/mol. The number of rotatable bonds is 4. The van der Waals surface area contributed by atoms with Gasteiger partial charge in [0.15, 0.2) is 0 Å². The molecule has 164 valence electrons. The number of methoxy groups -OCH3 is 2. The van der Waals surface area contributed by atoms with Crippen molar-refractivity contribution in [3.63, 3.8) is 0 Å². The molecule has 0 spiro atoms. The van der Waals surface area contributed by atoms with Crippen LogP contribution >= 0.6 is 0 Å². The van der Waals surface area contributed by atoms with Gasteiger partial charge in [-0.05, 0) is 42.2 Å². The van der Waals surface area contributed by atoms with Crippen molar-refractivity contribution in [3.8, 4) is 5.75 Å². The third-order valence-electron chi connectivity index (χ3n) is 5.37. The number of carbonyl (C=O) groups is 2. The summed E-state index contributed by atoms with van der Waals surface area (Å²) in [7, 11) is -2.59. The number of hydrogen-bond acceptors (Lipinski definition) is 8. The van der Waals surface area contributed by atoms with E-state index in [-0.39, 0.29) is 22.9 Å². The number of hydrogen-bond donors (Lipinski definition) is 1. The summed E-state index contributed by atoms with van der Waals surface area (Å²) in [5.74, 6) is -0.945. The van der Waals surface area contributed by atoms with Crippen LogP contribution in [0.15, 0.2) is 35.2 Å². The number of fused-ring (bicyclic) bond motifs is 3. The van der Waals surface area contributed by atoms with Gasteiger partial charge >= 0.3 is 12.1 Å². The van der Waals surface area contributed by atoms with Gasteiger partial charge in [0, 0.05) is 5.92 Å². The number of benzene rings is 2. The van der Waals surface area contributed by atoms with E-state index in [4.69, 9.17) is 15.2 Å². The van der Waals surface area contributed by atoms with Crippen molar-refractivity contribution >= 4 is 33.5 Å². The summed E-state index contributed by atoms with van der Waals surface area (Å²) in [6.07, 6.45) is -0.410. The Bertz CT molecular complexity index is 1200. The minimum absolute atomic E-state index is 0.166. The Hall–Kier alpha value is -3.34. The summed E-state index contributed by atoms with van der Waals surface area (Å²) in [5, 5.41) is 0. The van der Waals surface area contributed by atoms with E-state index in [0.717, 1.165) is 44.4 Å². The minimum atomic E-state index is -4.70. The number of halogens is 1. The van der Waals surface area contributed by atoms with Gasteiger partial charge in [0.25, 0.3) is 10.0 Å². The first kappa shape index (κ1) is 20.9. The first-order valence-corrected chi connectivity index (χ1v) is 10.7. The Labute approximate surface area is 177 Å². The van der Waals surface area contributed by atoms with Crippen LogP contribution in [0.25, 0.3) is 0 Å². The molecule has 31 heavy (non-hydrogen) atoms. The zero-order valence-electron chi connectivity index (χ0n) is 16.6. The van der Waals surface area contributed by atoms with E-state index in [1.54, 1.807) is 6.07 Å². The predicted octanol–water partition coefficient (Wildman–Crippen LogP) is 2.65. The molecule has 2 atom stereocenters. The lowest BCUT2D eigenvalue weighted by molar-refractivity contribution is 0.0596. The second kappa shape index (κ2) is 7.41. The van der Waals surface area contributed by atoms with Crippen LogP contribution in [-0.4, -0.2) is 41.3 Å². The summed E-state index contributed by atoms with van der Waals surface area (Å²) in [4.78, 5) is 24.8. The van der Waals surface area contributed by atoms with Gasteiger partial charge in [-0.1, -0.05) is 6.07 Å². The highest BCUT2D eigenvalue weighted by Gasteiger charge is 2.47. The molecule has 0 aromatic heterocycles. The minimum Gasteiger partial charge on any atom is -0.492 e. The molecule has 0 saturated heterocycles. The molecule has 2 aromatic rings. The normalized spacial score (nSPS) is 18.8. The number of nitrogens with two attached hydrogens (primary N) is 1. The summed E-state index contributed by atoms with van der Waals surface area (Å²) in [5.41, 5.74) is 5.49. The number of amides is 1. The maximum atomic E-state index is 13.5. The van der Waals surface area contributed by atoms with Crippen LogP contribution < -0.4 is 14.8 Å². The van der Waals surface area contributed by atoms with Gasteiger partial charge in [-0.3, -0.25) is 0 Å². The molecule has 2 unspecified atom stereocenters. The van der Waals surface area contributed by atoms with Gasteiger partial charge in [-0.25, -0.2) is 22.4 Å². The molecule has 4 rings (SSSR count). The fourth-order valence-electron chi connectivity index (χ4n) is 3.77. The fourth-order valence-corrected chi connectivity index (χ4v) is 5.24. The van der Waals surface area contributed by atoms with Crippen molar-refractivity contribution in [2.75, 3.05) is 30.9 Å². The highest BCUT2D eigenvalue weighted by molar-refractivity contribution is 7.93. The number of esters is 1. The number of nitrogen functional groups attached to an aromatic ring is 1. The smallest absolute Gasteiger partial charge is 0.428 e. The number of anilines is 2. The van der Waals surface area contributed by atoms with Crippen molar-refractivity contribution < 1.29 is 36.6 Å². The molecule has 1 saturated carbocycles. The summed E-state index contributed by atoms with van der Waals surface area (Å²) in [6, 6.07) is 5.57. The summed E-state index contributed by atoms with van der Waals surface area (Å²) < 4.78 is 55.8. The second-order valence-corrected chi connectivity index (χ2v) is 8.96. The van der Waals surface area contributed by atoms with Crippen LogP contribution in [0.1, 0.15) is 28.3 Å². The molecule has 0 radical (unpaired) electrons. The van der Waals surface area contributed by atoms with Crippen molar-refractivity contribution in [3.05, 3.63) is 47.3 Å². The van der Waals surface area contributed by atoms with Crippen LogP contribution in [0.5, 0.6) is 5.75 Å². The van der Waals surface area contributed by atoms with Gasteiger partial charge in [0.05, 0.1) is 32.2 Å². The van der Waals surface area contributed by atoms with E-state index in [1.165, 1.54) is 6.07 Å². The van der Waals surface area contributed by atoms with E-state index < -0.39 is 38.5 Å². The standard InChI is InChI=1S/C20H19FN2O7S/c1-28-19(24)17-15(5-4-12-13-7-10(13)9-30-18(12)17)23(20(25)29-2)31(26,27)16-6-3-11(21)8-14(16)22/h3-6,8,10,13H,7,9,22H2,1-2H3. The molecular formula is C20H19FN2O7S. The van der Waals surface area contributed by atoms with Crippen LogP contribution in [0.2, 0.25) is 0 Å². The topological polar surface area (TPSA) is 125 Å². The summed E-state index contributed by atoms with van der Waals surface area (Å²) in [6.45, 7) is 0.362. The lowest BCUT2D eigenvalue weighted by atomic mass is 10.00. The number of nitrogens with zero attached hydrogens (tertiary/aromatic N) is 1. The third kappa shape index (κ3) is 3.34. The number of ether oxygens (including phenoxy) is 3. The van der Waals surface area contributed by atoms with Gasteiger partial charge in [0.2, 0.25) is 0 Å². The Kier molecular flexibility index (Phi) is 5.00. The predicted molar refractivity (Wildman–Crippen MR) is 107 cm³/mol. The maximum absolute atomic E-state index is 13.5. The van der Waals surface area contributed by atoms with E-state index in [9.17, 15) is 22.4 Å². The van der Waals surface area contributed by atoms with Crippen molar-refractivity contribution in [2.24, 2.45) is 5.92 Å². The zero-order chi connectivity index (χ0) is 22.5. The Morgan fingerprint density at radius 2 is 1.94 bits per heavy atom. The van der Waals surface area contributed by atoms with Crippen LogP contribution in [0.3, 0.4) is 0 Å². The third-order valence-corrected chi connectivity index (χ3v) is 7.12. The molecule has 2 aromatic carbocycles. The maximum Gasteiger partial charge on any atom is 0.428 e. The molecule has 11 heteroatoms. The molecule has 1 aliphatic carbocycles. The molecule has 1 amide bonds. The van der Waals surface area contributed by atoms with Gasteiger partial charge < -0.3 is 19.9 Å². The molecule has 1 heterocycles. The van der Waals surface area contributed by atoms with Gasteiger partial charge in [-0.15, -0.1) is 0 Å². The highest BCUT2D eigenvalue weighted by atomic mass is 32.2. The second-order valence-electron chi connectivity index (χ2n) is 7.20. The Morgan fingerprint density at radius 3 is 2.58 bits per heavy atom. The molecule has 2 N–H and O–H groups in total. The summed E-state index contributed by atoms with van der Waals surface area (Å²) >= 11 is 0.